The van der Waals surface area contributed by atoms with Crippen LogP contribution in [0.5, 0.6) is 0 Å². The number of amides is 1. The molecule has 0 radical (unpaired) electrons. The Labute approximate surface area is 171 Å². The van der Waals surface area contributed by atoms with Crippen LogP contribution in [-0.2, 0) is 4.79 Å². The second-order valence-electron chi connectivity index (χ2n) is 6.07. The van der Waals surface area contributed by atoms with Gasteiger partial charge < -0.3 is 5.32 Å². The third-order valence-corrected chi connectivity index (χ3v) is 5.43. The van der Waals surface area contributed by atoms with Crippen LogP contribution in [0.4, 0.5) is 5.69 Å². The summed E-state index contributed by atoms with van der Waals surface area (Å²) in [4.78, 5) is 21.3. The zero-order valence-electron chi connectivity index (χ0n) is 14.9. The van der Waals surface area contributed by atoms with Gasteiger partial charge in [-0.25, -0.2) is 14.6 Å². The van der Waals surface area contributed by atoms with E-state index in [1.807, 2.05) is 37.3 Å². The molecule has 0 aliphatic heterocycles. The molecule has 28 heavy (non-hydrogen) atoms. The van der Waals surface area contributed by atoms with E-state index in [1.54, 1.807) is 35.1 Å². The second kappa shape index (κ2) is 8.00. The highest BCUT2D eigenvalue weighted by Crippen LogP contribution is 2.29. The number of fused-ring (bicyclic) bond motifs is 1. The average Bonchev–Trinajstić information content (AvgIpc) is 3.14. The van der Waals surface area contributed by atoms with E-state index >= 15 is 0 Å². The van der Waals surface area contributed by atoms with Gasteiger partial charge in [0.1, 0.15) is 11.4 Å². The molecule has 2 heterocycles. The largest absolute Gasteiger partial charge is 0.325 e. The van der Waals surface area contributed by atoms with Gasteiger partial charge in [0.25, 0.3) is 0 Å². The van der Waals surface area contributed by atoms with Gasteiger partial charge in [0, 0.05) is 10.7 Å². The van der Waals surface area contributed by atoms with Crippen molar-refractivity contribution < 1.29 is 4.79 Å². The van der Waals surface area contributed by atoms with Crippen LogP contribution in [0.3, 0.4) is 0 Å². The highest BCUT2D eigenvalue weighted by atomic mass is 35.5. The molecule has 0 saturated heterocycles. The average molecular weight is 410 g/mol. The van der Waals surface area contributed by atoms with Crippen LogP contribution in [0.25, 0.3) is 16.7 Å². The molecule has 0 aliphatic carbocycles. The van der Waals surface area contributed by atoms with E-state index in [9.17, 15) is 4.79 Å². The lowest BCUT2D eigenvalue weighted by Gasteiger charge is -2.12. The standard InChI is InChI=1S/C20H16ClN5OS/c1-13(19(27)25-15-7-5-6-14(21)10-15)28-20-17-11-24-26(18(17)22-12-23-20)16-8-3-2-4-9-16/h2-13H,1H3,(H,25,27). The topological polar surface area (TPSA) is 72.7 Å². The molecular formula is C20H16ClN5OS. The number of carbonyl (C=O) groups excluding carboxylic acids is 1. The van der Waals surface area contributed by atoms with Crippen molar-refractivity contribution in [2.75, 3.05) is 5.32 Å². The van der Waals surface area contributed by atoms with Crippen LogP contribution in [0, 0.1) is 0 Å². The van der Waals surface area contributed by atoms with E-state index in [-0.39, 0.29) is 11.2 Å². The monoisotopic (exact) mass is 409 g/mol. The Hall–Kier alpha value is -2.90. The number of thioether (sulfide) groups is 1. The number of aromatic nitrogens is 4. The molecule has 0 bridgehead atoms. The maximum absolute atomic E-state index is 12.6. The van der Waals surface area contributed by atoms with Gasteiger partial charge in [-0.05, 0) is 37.3 Å². The molecule has 1 unspecified atom stereocenters. The number of nitrogens with one attached hydrogen (secondary N) is 1. The predicted octanol–water partition coefficient (Wildman–Crippen LogP) is 4.59. The van der Waals surface area contributed by atoms with E-state index in [2.05, 4.69) is 20.4 Å². The van der Waals surface area contributed by atoms with Crippen molar-refractivity contribution in [1.29, 1.82) is 0 Å². The highest BCUT2D eigenvalue weighted by molar-refractivity contribution is 8.00. The van der Waals surface area contributed by atoms with Crippen LogP contribution in [0.2, 0.25) is 5.02 Å². The molecule has 6 nitrogen and oxygen atoms in total. The lowest BCUT2D eigenvalue weighted by atomic mass is 10.3. The van der Waals surface area contributed by atoms with Crippen molar-refractivity contribution in [3.8, 4) is 5.69 Å². The highest BCUT2D eigenvalue weighted by Gasteiger charge is 2.19. The summed E-state index contributed by atoms with van der Waals surface area (Å²) in [5.74, 6) is -0.130. The summed E-state index contributed by atoms with van der Waals surface area (Å²) in [6, 6.07) is 16.8. The number of halogens is 1. The Balaban J connectivity index is 1.56. The van der Waals surface area contributed by atoms with Crippen molar-refractivity contribution in [3.63, 3.8) is 0 Å². The second-order valence-corrected chi connectivity index (χ2v) is 7.83. The molecule has 0 spiro atoms. The lowest BCUT2D eigenvalue weighted by Crippen LogP contribution is -2.22. The molecule has 140 valence electrons. The summed E-state index contributed by atoms with van der Waals surface area (Å²) >= 11 is 7.34. The van der Waals surface area contributed by atoms with E-state index < -0.39 is 0 Å². The molecule has 4 rings (SSSR count). The minimum atomic E-state index is -0.364. The first kappa shape index (κ1) is 18.5. The molecule has 1 atom stereocenters. The summed E-state index contributed by atoms with van der Waals surface area (Å²) in [6.07, 6.45) is 3.22. The number of hydrogen-bond acceptors (Lipinski definition) is 5. The normalized spacial score (nSPS) is 12.1. The van der Waals surface area contributed by atoms with Crippen molar-refractivity contribution in [1.82, 2.24) is 19.7 Å². The zero-order valence-corrected chi connectivity index (χ0v) is 16.5. The molecular weight excluding hydrogens is 394 g/mol. The molecule has 2 aromatic heterocycles. The number of nitrogens with zero attached hydrogens (tertiary/aromatic N) is 4. The van der Waals surface area contributed by atoms with Crippen molar-refractivity contribution in [3.05, 3.63) is 72.1 Å². The number of anilines is 1. The van der Waals surface area contributed by atoms with Gasteiger partial charge in [-0.15, -0.1) is 0 Å². The summed E-state index contributed by atoms with van der Waals surface area (Å²) in [5, 5.41) is 9.04. The Bertz CT molecular complexity index is 1130. The molecule has 0 fully saturated rings. The van der Waals surface area contributed by atoms with Crippen LogP contribution < -0.4 is 5.32 Å². The smallest absolute Gasteiger partial charge is 0.237 e. The van der Waals surface area contributed by atoms with Crippen LogP contribution >= 0.6 is 23.4 Å². The Morgan fingerprint density at radius 3 is 2.75 bits per heavy atom. The first-order chi connectivity index (χ1) is 13.6. The van der Waals surface area contributed by atoms with Gasteiger partial charge in [0.05, 0.1) is 22.5 Å². The van der Waals surface area contributed by atoms with E-state index in [4.69, 9.17) is 11.6 Å². The van der Waals surface area contributed by atoms with Crippen molar-refractivity contribution >= 4 is 46.0 Å². The molecule has 0 saturated carbocycles. The molecule has 0 aliphatic rings. The van der Waals surface area contributed by atoms with Crippen LogP contribution in [-0.4, -0.2) is 30.9 Å². The minimum absolute atomic E-state index is 0.130. The summed E-state index contributed by atoms with van der Waals surface area (Å²) < 4.78 is 1.76. The fourth-order valence-electron chi connectivity index (χ4n) is 2.71. The van der Waals surface area contributed by atoms with Gasteiger partial charge in [-0.1, -0.05) is 47.6 Å². The fourth-order valence-corrected chi connectivity index (χ4v) is 3.78. The van der Waals surface area contributed by atoms with Crippen molar-refractivity contribution in [2.45, 2.75) is 17.2 Å². The van der Waals surface area contributed by atoms with Gasteiger partial charge in [0.2, 0.25) is 5.91 Å². The fraction of sp³-hybridized carbons (Fsp3) is 0.100. The van der Waals surface area contributed by atoms with Crippen LogP contribution in [0.1, 0.15) is 6.92 Å². The van der Waals surface area contributed by atoms with Gasteiger partial charge in [-0.2, -0.15) is 5.10 Å². The summed E-state index contributed by atoms with van der Waals surface area (Å²) in [5.41, 5.74) is 2.28. The van der Waals surface area contributed by atoms with Crippen molar-refractivity contribution in [2.24, 2.45) is 0 Å². The molecule has 2 aromatic carbocycles. The number of carbonyl (C=O) groups is 1. The van der Waals surface area contributed by atoms with E-state index in [0.717, 1.165) is 11.1 Å². The number of para-hydroxylation sites is 1. The SMILES string of the molecule is CC(Sc1ncnc2c1cnn2-c1ccccc1)C(=O)Nc1cccc(Cl)c1. The third-order valence-electron chi connectivity index (χ3n) is 4.08. The molecule has 1 N–H and O–H groups in total. The molecule has 8 heteroatoms. The maximum atomic E-state index is 12.6. The maximum Gasteiger partial charge on any atom is 0.237 e. The zero-order chi connectivity index (χ0) is 19.5. The van der Waals surface area contributed by atoms with E-state index in [0.29, 0.717) is 21.4 Å². The minimum Gasteiger partial charge on any atom is -0.325 e. The third kappa shape index (κ3) is 3.85. The number of rotatable bonds is 5. The first-order valence-electron chi connectivity index (χ1n) is 8.59. The summed E-state index contributed by atoms with van der Waals surface area (Å²) in [6.45, 7) is 1.83. The van der Waals surface area contributed by atoms with Gasteiger partial charge >= 0.3 is 0 Å². The molecule has 4 aromatic rings. The van der Waals surface area contributed by atoms with Crippen LogP contribution in [0.15, 0.2) is 72.1 Å². The quantitative estimate of drug-likeness (QED) is 0.385. The molecule has 1 amide bonds. The predicted molar refractivity (Wildman–Crippen MR) is 112 cm³/mol. The van der Waals surface area contributed by atoms with Gasteiger partial charge in [0.15, 0.2) is 5.65 Å². The summed E-state index contributed by atoms with van der Waals surface area (Å²) in [7, 11) is 0. The Morgan fingerprint density at radius 1 is 1.14 bits per heavy atom. The Kier molecular flexibility index (Phi) is 5.27. The van der Waals surface area contributed by atoms with Gasteiger partial charge in [-0.3, -0.25) is 4.79 Å². The lowest BCUT2D eigenvalue weighted by molar-refractivity contribution is -0.115. The van der Waals surface area contributed by atoms with E-state index in [1.165, 1.54) is 18.1 Å². The number of benzene rings is 2. The Morgan fingerprint density at radius 2 is 1.96 bits per heavy atom. The first-order valence-corrected chi connectivity index (χ1v) is 9.85. The number of hydrogen-bond donors (Lipinski definition) is 1.